The highest BCUT2D eigenvalue weighted by Gasteiger charge is 2.44. The Bertz CT molecular complexity index is 453. The SMILES string of the molecule is CC(C)=CC(OC[C@@H]1C[C@@H](O)C[C@@H]1O[Si](C)(C)C(C)(C)C)C(C)(C)C. The fourth-order valence-electron chi connectivity index (χ4n) is 3.01. The van der Waals surface area contributed by atoms with Gasteiger partial charge in [-0.05, 0) is 50.2 Å². The Morgan fingerprint density at radius 3 is 2.12 bits per heavy atom. The monoisotopic (exact) mass is 370 g/mol. The largest absolute Gasteiger partial charge is 0.413 e. The molecule has 0 aromatic rings. The number of rotatable bonds is 6. The van der Waals surface area contributed by atoms with Crippen LogP contribution in [-0.2, 0) is 9.16 Å². The van der Waals surface area contributed by atoms with Crippen molar-refractivity contribution < 1.29 is 14.3 Å². The van der Waals surface area contributed by atoms with Crippen molar-refractivity contribution in [1.29, 1.82) is 0 Å². The van der Waals surface area contributed by atoms with Crippen LogP contribution in [0.2, 0.25) is 18.1 Å². The van der Waals surface area contributed by atoms with E-state index < -0.39 is 8.32 Å². The van der Waals surface area contributed by atoms with E-state index in [1.807, 2.05) is 0 Å². The van der Waals surface area contributed by atoms with Crippen LogP contribution in [0.5, 0.6) is 0 Å². The summed E-state index contributed by atoms with van der Waals surface area (Å²) in [5.74, 6) is 0.277. The van der Waals surface area contributed by atoms with Gasteiger partial charge in [0, 0.05) is 5.92 Å². The smallest absolute Gasteiger partial charge is 0.192 e. The zero-order valence-corrected chi connectivity index (χ0v) is 19.3. The Morgan fingerprint density at radius 2 is 1.68 bits per heavy atom. The van der Waals surface area contributed by atoms with Crippen molar-refractivity contribution in [2.75, 3.05) is 6.61 Å². The summed E-state index contributed by atoms with van der Waals surface area (Å²) in [6.45, 7) is 22.9. The van der Waals surface area contributed by atoms with Crippen LogP contribution in [-0.4, -0.2) is 38.3 Å². The molecule has 0 spiro atoms. The highest BCUT2D eigenvalue weighted by atomic mass is 28.4. The molecule has 4 heteroatoms. The predicted octanol–water partition coefficient (Wildman–Crippen LogP) is 5.55. The van der Waals surface area contributed by atoms with Gasteiger partial charge in [0.1, 0.15) is 0 Å². The van der Waals surface area contributed by atoms with Gasteiger partial charge in [-0.3, -0.25) is 0 Å². The highest BCUT2D eigenvalue weighted by Crippen LogP contribution is 2.41. The molecule has 1 fully saturated rings. The molecule has 0 aliphatic heterocycles. The third-order valence-electron chi connectivity index (χ3n) is 5.69. The van der Waals surface area contributed by atoms with E-state index in [0.717, 1.165) is 12.8 Å². The van der Waals surface area contributed by atoms with Crippen LogP contribution >= 0.6 is 0 Å². The molecule has 0 amide bonds. The van der Waals surface area contributed by atoms with Crippen LogP contribution in [0.15, 0.2) is 11.6 Å². The summed E-state index contributed by atoms with van der Waals surface area (Å²) in [5, 5.41) is 10.4. The first-order chi connectivity index (χ1) is 11.1. The summed E-state index contributed by atoms with van der Waals surface area (Å²) < 4.78 is 13.0. The molecule has 1 N–H and O–H groups in total. The van der Waals surface area contributed by atoms with Gasteiger partial charge in [-0.25, -0.2) is 0 Å². The van der Waals surface area contributed by atoms with Gasteiger partial charge in [-0.2, -0.15) is 0 Å². The number of aliphatic hydroxyl groups excluding tert-OH is 1. The number of ether oxygens (including phenoxy) is 1. The van der Waals surface area contributed by atoms with Crippen molar-refractivity contribution in [2.24, 2.45) is 11.3 Å². The lowest BCUT2D eigenvalue weighted by molar-refractivity contribution is -0.0222. The molecule has 1 saturated carbocycles. The lowest BCUT2D eigenvalue weighted by Crippen LogP contribution is -2.45. The Morgan fingerprint density at radius 1 is 1.12 bits per heavy atom. The quantitative estimate of drug-likeness (QED) is 0.492. The summed E-state index contributed by atoms with van der Waals surface area (Å²) in [5.41, 5.74) is 1.34. The molecule has 0 aromatic heterocycles. The van der Waals surface area contributed by atoms with Crippen LogP contribution in [0.25, 0.3) is 0 Å². The molecular weight excluding hydrogens is 328 g/mol. The Labute approximate surface area is 157 Å². The van der Waals surface area contributed by atoms with E-state index in [1.54, 1.807) is 0 Å². The normalized spacial score (nSPS) is 26.6. The van der Waals surface area contributed by atoms with Crippen molar-refractivity contribution in [1.82, 2.24) is 0 Å². The summed E-state index contributed by atoms with van der Waals surface area (Å²) >= 11 is 0. The van der Waals surface area contributed by atoms with Crippen molar-refractivity contribution >= 4 is 8.32 Å². The highest BCUT2D eigenvalue weighted by molar-refractivity contribution is 6.74. The van der Waals surface area contributed by atoms with Gasteiger partial charge in [0.2, 0.25) is 0 Å². The number of aliphatic hydroxyl groups is 1. The van der Waals surface area contributed by atoms with Gasteiger partial charge in [0.25, 0.3) is 0 Å². The zero-order valence-electron chi connectivity index (χ0n) is 18.3. The van der Waals surface area contributed by atoms with Crippen LogP contribution < -0.4 is 0 Å². The summed E-state index contributed by atoms with van der Waals surface area (Å²) in [6.07, 6.45) is 3.68. The van der Waals surface area contributed by atoms with Crippen molar-refractivity contribution in [3.05, 3.63) is 11.6 Å². The van der Waals surface area contributed by atoms with Gasteiger partial charge >= 0.3 is 0 Å². The Hall–Kier alpha value is -0.163. The van der Waals surface area contributed by atoms with E-state index >= 15 is 0 Å². The lowest BCUT2D eigenvalue weighted by atomic mass is 9.88. The van der Waals surface area contributed by atoms with Crippen LogP contribution in [0.3, 0.4) is 0 Å². The first kappa shape index (κ1) is 22.9. The fraction of sp³-hybridized carbons (Fsp3) is 0.905. The predicted molar refractivity (Wildman–Crippen MR) is 109 cm³/mol. The molecule has 0 radical (unpaired) electrons. The molecule has 148 valence electrons. The van der Waals surface area contributed by atoms with Crippen molar-refractivity contribution in [3.8, 4) is 0 Å². The van der Waals surface area contributed by atoms with E-state index in [2.05, 4.69) is 74.6 Å². The standard InChI is InChI=1S/C21H42O3Si/c1-15(2)11-19(20(3,4)5)23-14-16-12-17(22)13-18(16)24-25(9,10)21(6,7)8/h11,16-19,22H,12-14H2,1-10H3/t16-,17+,18-,19?/m0/s1. The molecule has 1 unspecified atom stereocenters. The molecule has 4 atom stereocenters. The van der Waals surface area contributed by atoms with E-state index in [4.69, 9.17) is 9.16 Å². The first-order valence-corrected chi connectivity index (χ1v) is 12.7. The summed E-state index contributed by atoms with van der Waals surface area (Å²) in [4.78, 5) is 0. The second kappa shape index (κ2) is 8.24. The molecule has 0 aromatic carbocycles. The maximum atomic E-state index is 10.2. The number of hydrogen-bond acceptors (Lipinski definition) is 3. The van der Waals surface area contributed by atoms with Crippen molar-refractivity contribution in [2.45, 2.75) is 105 Å². The molecule has 25 heavy (non-hydrogen) atoms. The van der Waals surface area contributed by atoms with Gasteiger partial charge in [0.05, 0.1) is 24.9 Å². The van der Waals surface area contributed by atoms with E-state index in [1.165, 1.54) is 5.57 Å². The summed E-state index contributed by atoms with van der Waals surface area (Å²) in [7, 11) is -1.84. The van der Waals surface area contributed by atoms with Gasteiger partial charge in [-0.15, -0.1) is 0 Å². The molecule has 1 aliphatic rings. The fourth-order valence-corrected chi connectivity index (χ4v) is 4.41. The molecule has 0 saturated heterocycles. The number of hydrogen-bond donors (Lipinski definition) is 1. The van der Waals surface area contributed by atoms with Crippen molar-refractivity contribution in [3.63, 3.8) is 0 Å². The second-order valence-electron chi connectivity index (χ2n) is 10.7. The van der Waals surface area contributed by atoms with Gasteiger partial charge < -0.3 is 14.3 Å². The molecular formula is C21H42O3Si. The van der Waals surface area contributed by atoms with Gasteiger partial charge in [0.15, 0.2) is 8.32 Å². The maximum absolute atomic E-state index is 10.2. The minimum absolute atomic E-state index is 0.0598. The summed E-state index contributed by atoms with van der Waals surface area (Å²) in [6, 6.07) is 0. The third-order valence-corrected chi connectivity index (χ3v) is 10.2. The van der Waals surface area contributed by atoms with Crippen LogP contribution in [0.1, 0.15) is 68.2 Å². The molecule has 0 heterocycles. The Balaban J connectivity index is 2.80. The number of allylic oxidation sites excluding steroid dienone is 1. The minimum atomic E-state index is -1.84. The first-order valence-electron chi connectivity index (χ1n) is 9.76. The van der Waals surface area contributed by atoms with E-state index in [9.17, 15) is 5.11 Å². The average Bonchev–Trinajstić information content (AvgIpc) is 2.70. The maximum Gasteiger partial charge on any atom is 0.192 e. The topological polar surface area (TPSA) is 38.7 Å². The second-order valence-corrected chi connectivity index (χ2v) is 15.4. The molecule has 1 aliphatic carbocycles. The van der Waals surface area contributed by atoms with E-state index in [0.29, 0.717) is 6.61 Å². The Kier molecular flexibility index (Phi) is 7.54. The lowest BCUT2D eigenvalue weighted by Gasteiger charge is -2.40. The third kappa shape index (κ3) is 6.82. The van der Waals surface area contributed by atoms with Crippen LogP contribution in [0.4, 0.5) is 0 Å². The zero-order chi connectivity index (χ0) is 19.6. The van der Waals surface area contributed by atoms with E-state index in [-0.39, 0.29) is 34.7 Å². The van der Waals surface area contributed by atoms with Crippen LogP contribution in [0, 0.1) is 11.3 Å². The van der Waals surface area contributed by atoms with Gasteiger partial charge in [-0.1, -0.05) is 53.2 Å². The molecule has 3 nitrogen and oxygen atoms in total. The minimum Gasteiger partial charge on any atom is -0.413 e. The molecule has 1 rings (SSSR count). The average molecular weight is 371 g/mol. The molecule has 0 bridgehead atoms.